The summed E-state index contributed by atoms with van der Waals surface area (Å²) >= 11 is 0. The predicted octanol–water partition coefficient (Wildman–Crippen LogP) is 2.52. The average Bonchev–Trinajstić information content (AvgIpc) is 2.40. The summed E-state index contributed by atoms with van der Waals surface area (Å²) in [6.45, 7) is 4.87. The molecule has 11 heavy (non-hydrogen) atoms. The lowest BCUT2D eigenvalue weighted by Gasteiger charge is -2.19. The van der Waals surface area contributed by atoms with Crippen LogP contribution in [0.1, 0.15) is 39.0 Å². The molecule has 0 saturated heterocycles. The Bertz CT molecular complexity index is 95.0. The average molecular weight is 155 g/mol. The van der Waals surface area contributed by atoms with Gasteiger partial charge in [-0.3, -0.25) is 0 Å². The Morgan fingerprint density at radius 2 is 1.91 bits per heavy atom. The van der Waals surface area contributed by atoms with E-state index in [0.717, 1.165) is 5.92 Å². The van der Waals surface area contributed by atoms with Gasteiger partial charge in [0.1, 0.15) is 0 Å². The Morgan fingerprint density at radius 1 is 1.27 bits per heavy atom. The van der Waals surface area contributed by atoms with Gasteiger partial charge in [-0.1, -0.05) is 19.8 Å². The maximum Gasteiger partial charge on any atom is 0.000660 e. The first-order chi connectivity index (χ1) is 5.33. The molecule has 0 bridgehead atoms. The molecule has 0 aromatic heterocycles. The quantitative estimate of drug-likeness (QED) is 0.603. The van der Waals surface area contributed by atoms with E-state index in [1.807, 2.05) is 0 Å². The van der Waals surface area contributed by atoms with Crippen LogP contribution in [0.5, 0.6) is 0 Å². The SMILES string of the molecule is CCCN(C)CC1CCCC1. The highest BCUT2D eigenvalue weighted by atomic mass is 15.1. The molecular formula is C10H21N. The molecule has 0 unspecified atom stereocenters. The second-order valence-electron chi connectivity index (χ2n) is 3.91. The minimum absolute atomic E-state index is 1.02. The Labute approximate surface area is 70.8 Å². The third-order valence-corrected chi connectivity index (χ3v) is 2.65. The summed E-state index contributed by atoms with van der Waals surface area (Å²) in [4.78, 5) is 2.48. The molecule has 0 amide bonds. The van der Waals surface area contributed by atoms with Crippen LogP contribution in [-0.4, -0.2) is 25.0 Å². The fourth-order valence-electron chi connectivity index (χ4n) is 2.11. The molecule has 0 atom stereocenters. The van der Waals surface area contributed by atoms with Crippen molar-refractivity contribution in [1.29, 1.82) is 0 Å². The lowest BCUT2D eigenvalue weighted by Crippen LogP contribution is -2.25. The molecule has 1 fully saturated rings. The molecule has 1 rings (SSSR count). The van der Waals surface area contributed by atoms with E-state index in [9.17, 15) is 0 Å². The van der Waals surface area contributed by atoms with Crippen LogP contribution in [0.25, 0.3) is 0 Å². The molecule has 0 spiro atoms. The van der Waals surface area contributed by atoms with Crippen molar-refractivity contribution in [3.63, 3.8) is 0 Å². The highest BCUT2D eigenvalue weighted by Crippen LogP contribution is 2.24. The number of nitrogens with zero attached hydrogens (tertiary/aromatic N) is 1. The summed E-state index contributed by atoms with van der Waals surface area (Å²) in [7, 11) is 2.25. The lowest BCUT2D eigenvalue weighted by atomic mass is 10.1. The van der Waals surface area contributed by atoms with Gasteiger partial charge in [-0.15, -0.1) is 0 Å². The van der Waals surface area contributed by atoms with Crippen molar-refractivity contribution < 1.29 is 0 Å². The molecular weight excluding hydrogens is 134 g/mol. The molecule has 0 radical (unpaired) electrons. The zero-order valence-corrected chi connectivity index (χ0v) is 7.97. The smallest absolute Gasteiger partial charge is 0.000660 e. The summed E-state index contributed by atoms with van der Waals surface area (Å²) in [5.74, 6) is 1.02. The first-order valence-corrected chi connectivity index (χ1v) is 5.01. The first kappa shape index (κ1) is 9.05. The molecule has 0 N–H and O–H groups in total. The van der Waals surface area contributed by atoms with Crippen molar-refractivity contribution in [3.8, 4) is 0 Å². The minimum atomic E-state index is 1.02. The van der Waals surface area contributed by atoms with Gasteiger partial charge >= 0.3 is 0 Å². The molecule has 1 aliphatic rings. The zero-order valence-electron chi connectivity index (χ0n) is 7.97. The van der Waals surface area contributed by atoms with E-state index in [1.54, 1.807) is 0 Å². The summed E-state index contributed by atoms with van der Waals surface area (Å²) in [5.41, 5.74) is 0. The van der Waals surface area contributed by atoms with Crippen molar-refractivity contribution in [3.05, 3.63) is 0 Å². The van der Waals surface area contributed by atoms with Gasteiger partial charge in [-0.05, 0) is 38.8 Å². The van der Waals surface area contributed by atoms with Crippen LogP contribution in [0.4, 0.5) is 0 Å². The van der Waals surface area contributed by atoms with Crippen molar-refractivity contribution >= 4 is 0 Å². The molecule has 0 aromatic carbocycles. The Kier molecular flexibility index (Phi) is 3.92. The lowest BCUT2D eigenvalue weighted by molar-refractivity contribution is 0.279. The maximum atomic E-state index is 2.48. The van der Waals surface area contributed by atoms with E-state index >= 15 is 0 Å². The van der Waals surface area contributed by atoms with Crippen molar-refractivity contribution in [1.82, 2.24) is 4.90 Å². The van der Waals surface area contributed by atoms with E-state index in [0.29, 0.717) is 0 Å². The molecule has 1 saturated carbocycles. The van der Waals surface area contributed by atoms with Gasteiger partial charge in [0.05, 0.1) is 0 Å². The molecule has 1 nitrogen and oxygen atoms in total. The van der Waals surface area contributed by atoms with Gasteiger partial charge in [-0.25, -0.2) is 0 Å². The van der Waals surface area contributed by atoms with Crippen molar-refractivity contribution in [2.24, 2.45) is 5.92 Å². The zero-order chi connectivity index (χ0) is 8.10. The number of hydrogen-bond acceptors (Lipinski definition) is 1. The summed E-state index contributed by atoms with van der Waals surface area (Å²) in [6, 6.07) is 0. The summed E-state index contributed by atoms with van der Waals surface area (Å²) < 4.78 is 0. The maximum absolute atomic E-state index is 2.48. The Morgan fingerprint density at radius 3 is 2.45 bits per heavy atom. The highest BCUT2D eigenvalue weighted by Gasteiger charge is 2.15. The minimum Gasteiger partial charge on any atom is -0.306 e. The van der Waals surface area contributed by atoms with Gasteiger partial charge in [0.15, 0.2) is 0 Å². The van der Waals surface area contributed by atoms with Gasteiger partial charge in [0.2, 0.25) is 0 Å². The number of hydrogen-bond donors (Lipinski definition) is 0. The fraction of sp³-hybridized carbons (Fsp3) is 1.00. The van der Waals surface area contributed by atoms with Crippen LogP contribution < -0.4 is 0 Å². The van der Waals surface area contributed by atoms with Crippen LogP contribution in [-0.2, 0) is 0 Å². The first-order valence-electron chi connectivity index (χ1n) is 5.01. The van der Waals surface area contributed by atoms with Crippen LogP contribution in [0.3, 0.4) is 0 Å². The highest BCUT2D eigenvalue weighted by molar-refractivity contribution is 4.69. The van der Waals surface area contributed by atoms with E-state index in [1.165, 1.54) is 45.2 Å². The Balaban J connectivity index is 2.08. The molecule has 1 heteroatoms. The summed E-state index contributed by atoms with van der Waals surface area (Å²) in [5, 5.41) is 0. The third-order valence-electron chi connectivity index (χ3n) is 2.65. The largest absolute Gasteiger partial charge is 0.306 e. The van der Waals surface area contributed by atoms with E-state index in [-0.39, 0.29) is 0 Å². The van der Waals surface area contributed by atoms with Crippen LogP contribution in [0, 0.1) is 5.92 Å². The van der Waals surface area contributed by atoms with E-state index < -0.39 is 0 Å². The third kappa shape index (κ3) is 3.24. The van der Waals surface area contributed by atoms with Gasteiger partial charge < -0.3 is 4.90 Å². The monoisotopic (exact) mass is 155 g/mol. The van der Waals surface area contributed by atoms with Crippen molar-refractivity contribution in [2.75, 3.05) is 20.1 Å². The standard InChI is InChI=1S/C10H21N/c1-3-8-11(2)9-10-6-4-5-7-10/h10H,3-9H2,1-2H3. The predicted molar refractivity (Wildman–Crippen MR) is 49.7 cm³/mol. The topological polar surface area (TPSA) is 3.24 Å². The van der Waals surface area contributed by atoms with Gasteiger partial charge in [0, 0.05) is 6.54 Å². The van der Waals surface area contributed by atoms with Gasteiger partial charge in [0.25, 0.3) is 0 Å². The van der Waals surface area contributed by atoms with Crippen LogP contribution in [0.15, 0.2) is 0 Å². The molecule has 0 aromatic rings. The molecule has 0 aliphatic heterocycles. The molecule has 66 valence electrons. The summed E-state index contributed by atoms with van der Waals surface area (Å²) in [6.07, 6.45) is 7.21. The van der Waals surface area contributed by atoms with Gasteiger partial charge in [-0.2, -0.15) is 0 Å². The second-order valence-corrected chi connectivity index (χ2v) is 3.91. The number of rotatable bonds is 4. The normalized spacial score (nSPS) is 19.9. The fourth-order valence-corrected chi connectivity index (χ4v) is 2.11. The molecule has 1 aliphatic carbocycles. The van der Waals surface area contributed by atoms with Crippen LogP contribution >= 0.6 is 0 Å². The van der Waals surface area contributed by atoms with E-state index in [4.69, 9.17) is 0 Å². The second kappa shape index (κ2) is 4.76. The molecule has 0 heterocycles. The van der Waals surface area contributed by atoms with Crippen LogP contribution in [0.2, 0.25) is 0 Å². The van der Waals surface area contributed by atoms with Crippen molar-refractivity contribution in [2.45, 2.75) is 39.0 Å². The Hall–Kier alpha value is -0.0400. The van der Waals surface area contributed by atoms with E-state index in [2.05, 4.69) is 18.9 Å².